The molecule has 0 bridgehead atoms. The Bertz CT molecular complexity index is 1220. The number of halogens is 1. The number of phenols is 1. The molecule has 0 radical (unpaired) electrons. The molecule has 162 valence electrons. The number of thiophene rings is 1. The normalized spacial score (nSPS) is 12.1. The van der Waals surface area contributed by atoms with E-state index in [2.05, 4.69) is 16.4 Å². The van der Waals surface area contributed by atoms with Gasteiger partial charge in [-0.1, -0.05) is 36.4 Å². The van der Waals surface area contributed by atoms with Gasteiger partial charge in [0.15, 0.2) is 17.3 Å². The second-order valence-corrected chi connectivity index (χ2v) is 8.14. The maximum atomic E-state index is 14.0. The van der Waals surface area contributed by atoms with Crippen molar-refractivity contribution in [2.45, 2.75) is 20.3 Å². The first kappa shape index (κ1) is 22.9. The second kappa shape index (κ2) is 10.5. The Kier molecular flexibility index (Phi) is 7.53. The average molecular weight is 448 g/mol. The van der Waals surface area contributed by atoms with Crippen molar-refractivity contribution in [2.75, 3.05) is 6.54 Å². The van der Waals surface area contributed by atoms with Gasteiger partial charge in [-0.3, -0.25) is 9.79 Å². The molecular weight excluding hydrogens is 425 g/mol. The molecule has 32 heavy (non-hydrogen) atoms. The molecule has 0 fully saturated rings. The van der Waals surface area contributed by atoms with Crippen molar-refractivity contribution in [1.82, 2.24) is 5.32 Å². The summed E-state index contributed by atoms with van der Waals surface area (Å²) in [7, 11) is 0. The molecule has 0 amide bonds. The van der Waals surface area contributed by atoms with Gasteiger partial charge in [0.2, 0.25) is 0 Å². The minimum Gasteiger partial charge on any atom is -0.504 e. The van der Waals surface area contributed by atoms with Gasteiger partial charge in [0.25, 0.3) is 0 Å². The zero-order valence-electron chi connectivity index (χ0n) is 17.7. The highest BCUT2D eigenvalue weighted by atomic mass is 32.1. The van der Waals surface area contributed by atoms with Crippen molar-refractivity contribution in [3.8, 4) is 11.8 Å². The van der Waals surface area contributed by atoms with E-state index >= 15 is 0 Å². The molecule has 2 aromatic carbocycles. The van der Waals surface area contributed by atoms with E-state index in [1.807, 2.05) is 30.3 Å². The predicted molar refractivity (Wildman–Crippen MR) is 125 cm³/mol. The summed E-state index contributed by atoms with van der Waals surface area (Å²) in [6.45, 7) is 3.55. The summed E-state index contributed by atoms with van der Waals surface area (Å²) in [5, 5.41) is 22.5. The van der Waals surface area contributed by atoms with Crippen LogP contribution in [-0.4, -0.2) is 23.3 Å². The standard InChI is InChI=1S/C25H22FN3O2S/c1-16(23(17(2)30)22-12-11-19(15-27)32-22)29-25(20-9-6-10-21(26)24(20)31)28-14-13-18-7-4-3-5-8-18/h3-12,31H,13-14H2,1-2H3,(H,28,29)/b23-16+. The first-order valence-corrected chi connectivity index (χ1v) is 10.8. The van der Waals surface area contributed by atoms with Crippen LogP contribution in [-0.2, 0) is 11.2 Å². The van der Waals surface area contributed by atoms with Gasteiger partial charge in [-0.2, -0.15) is 5.26 Å². The van der Waals surface area contributed by atoms with Crippen LogP contribution in [0, 0.1) is 17.1 Å². The third-order valence-electron chi connectivity index (χ3n) is 4.75. The predicted octanol–water partition coefficient (Wildman–Crippen LogP) is 5.06. The summed E-state index contributed by atoms with van der Waals surface area (Å²) in [6, 6.07) is 19.5. The van der Waals surface area contributed by atoms with Gasteiger partial charge in [-0.25, -0.2) is 4.39 Å². The Morgan fingerprint density at radius 3 is 2.53 bits per heavy atom. The molecule has 0 saturated carbocycles. The Hall–Kier alpha value is -3.76. The van der Waals surface area contributed by atoms with Crippen LogP contribution in [0.1, 0.15) is 34.7 Å². The molecule has 3 aromatic rings. The minimum absolute atomic E-state index is 0.187. The number of nitrogens with zero attached hydrogens (tertiary/aromatic N) is 2. The summed E-state index contributed by atoms with van der Waals surface area (Å²) in [5.74, 6) is -1.20. The highest BCUT2D eigenvalue weighted by molar-refractivity contribution is 7.14. The molecule has 0 aliphatic heterocycles. The molecular formula is C25H22FN3O2S. The number of benzene rings is 2. The van der Waals surface area contributed by atoms with Gasteiger partial charge < -0.3 is 10.4 Å². The lowest BCUT2D eigenvalue weighted by atomic mass is 10.1. The van der Waals surface area contributed by atoms with Crippen LogP contribution in [0.4, 0.5) is 4.39 Å². The number of phenolic OH excluding ortho intramolecular Hbond substituents is 1. The van der Waals surface area contributed by atoms with Crippen LogP contribution >= 0.6 is 11.3 Å². The topological polar surface area (TPSA) is 85.5 Å². The van der Waals surface area contributed by atoms with Crippen LogP contribution in [0.15, 0.2) is 71.4 Å². The maximum absolute atomic E-state index is 14.0. The first-order chi connectivity index (χ1) is 15.4. The Labute approximate surface area is 190 Å². The number of ketones is 1. The molecule has 0 unspecified atom stereocenters. The summed E-state index contributed by atoms with van der Waals surface area (Å²) >= 11 is 1.21. The lowest BCUT2D eigenvalue weighted by Crippen LogP contribution is -2.25. The fourth-order valence-electron chi connectivity index (χ4n) is 3.23. The number of Topliss-reactive ketones (excluding diaryl/α,β-unsaturated/α-hetero) is 1. The second-order valence-electron chi connectivity index (χ2n) is 7.06. The van der Waals surface area contributed by atoms with E-state index in [-0.39, 0.29) is 17.2 Å². The molecule has 0 saturated heterocycles. The molecule has 2 N–H and O–H groups in total. The van der Waals surface area contributed by atoms with Crippen molar-refractivity contribution in [1.29, 1.82) is 5.26 Å². The van der Waals surface area contributed by atoms with Crippen LogP contribution in [0.5, 0.6) is 5.75 Å². The molecule has 1 heterocycles. The molecule has 5 nitrogen and oxygen atoms in total. The Balaban J connectivity index is 1.99. The summed E-state index contributed by atoms with van der Waals surface area (Å²) < 4.78 is 14.0. The zero-order valence-corrected chi connectivity index (χ0v) is 18.5. The van der Waals surface area contributed by atoms with Crippen molar-refractivity contribution < 1.29 is 14.3 Å². The van der Waals surface area contributed by atoms with Gasteiger partial charge in [0, 0.05) is 17.1 Å². The number of nitriles is 1. The zero-order chi connectivity index (χ0) is 23.1. The van der Waals surface area contributed by atoms with Crippen LogP contribution in [0.3, 0.4) is 0 Å². The van der Waals surface area contributed by atoms with Crippen LogP contribution in [0.2, 0.25) is 0 Å². The largest absolute Gasteiger partial charge is 0.504 e. The Morgan fingerprint density at radius 2 is 1.88 bits per heavy atom. The van der Waals surface area contributed by atoms with E-state index in [9.17, 15) is 14.3 Å². The third kappa shape index (κ3) is 5.48. The Morgan fingerprint density at radius 1 is 1.12 bits per heavy atom. The van der Waals surface area contributed by atoms with Crippen molar-refractivity contribution in [2.24, 2.45) is 4.99 Å². The average Bonchev–Trinajstić information content (AvgIpc) is 3.24. The number of aliphatic imine (C=N–C) groups is 1. The number of allylic oxidation sites excluding steroid dienone is 2. The number of aromatic hydroxyl groups is 1. The molecule has 3 rings (SSSR count). The number of para-hydroxylation sites is 1. The molecule has 1 aromatic heterocycles. The summed E-state index contributed by atoms with van der Waals surface area (Å²) in [6.07, 6.45) is 0.654. The lowest BCUT2D eigenvalue weighted by molar-refractivity contribution is -0.111. The van der Waals surface area contributed by atoms with Gasteiger partial charge in [0.05, 0.1) is 11.1 Å². The van der Waals surface area contributed by atoms with E-state index < -0.39 is 11.6 Å². The monoisotopic (exact) mass is 447 g/mol. The molecule has 0 spiro atoms. The molecule has 0 atom stereocenters. The number of amidine groups is 1. The van der Waals surface area contributed by atoms with Crippen molar-refractivity contribution in [3.63, 3.8) is 0 Å². The van der Waals surface area contributed by atoms with Gasteiger partial charge in [-0.05, 0) is 50.1 Å². The van der Waals surface area contributed by atoms with E-state index in [0.717, 1.165) is 5.56 Å². The smallest absolute Gasteiger partial charge is 0.165 e. The molecule has 0 aliphatic carbocycles. The molecule has 0 aliphatic rings. The highest BCUT2D eigenvalue weighted by Crippen LogP contribution is 2.27. The van der Waals surface area contributed by atoms with Crippen molar-refractivity contribution >= 4 is 28.5 Å². The number of hydrogen-bond donors (Lipinski definition) is 2. The molecule has 7 heteroatoms. The van der Waals surface area contributed by atoms with Crippen molar-refractivity contribution in [3.05, 3.63) is 93.1 Å². The number of nitrogens with one attached hydrogen (secondary N) is 1. The SMILES string of the molecule is CC(=O)/C(=C(/C)NC(=NCCc1ccccc1)c1cccc(F)c1O)c1ccc(C#N)s1. The van der Waals surface area contributed by atoms with E-state index in [1.165, 1.54) is 30.4 Å². The first-order valence-electron chi connectivity index (χ1n) is 9.96. The number of rotatable bonds is 7. The van der Waals surface area contributed by atoms with Crippen LogP contribution < -0.4 is 5.32 Å². The van der Waals surface area contributed by atoms with E-state index in [4.69, 9.17) is 5.26 Å². The quantitative estimate of drug-likeness (QED) is 0.301. The van der Waals surface area contributed by atoms with Gasteiger partial charge >= 0.3 is 0 Å². The van der Waals surface area contributed by atoms with E-state index in [0.29, 0.717) is 34.0 Å². The van der Waals surface area contributed by atoms with Gasteiger partial charge in [-0.15, -0.1) is 11.3 Å². The fraction of sp³-hybridized carbons (Fsp3) is 0.160. The third-order valence-corrected chi connectivity index (χ3v) is 5.76. The summed E-state index contributed by atoms with van der Waals surface area (Å²) in [5.41, 5.74) is 2.19. The number of carbonyl (C=O) groups is 1. The fourth-order valence-corrected chi connectivity index (χ4v) is 4.19. The minimum atomic E-state index is -0.759. The maximum Gasteiger partial charge on any atom is 0.165 e. The number of hydrogen-bond acceptors (Lipinski definition) is 5. The number of carbonyl (C=O) groups excluding carboxylic acids is 1. The van der Waals surface area contributed by atoms with Crippen LogP contribution in [0.25, 0.3) is 5.57 Å². The summed E-state index contributed by atoms with van der Waals surface area (Å²) in [4.78, 5) is 18.1. The van der Waals surface area contributed by atoms with E-state index in [1.54, 1.807) is 25.1 Å². The highest BCUT2D eigenvalue weighted by Gasteiger charge is 2.18. The lowest BCUT2D eigenvalue weighted by Gasteiger charge is -2.15. The van der Waals surface area contributed by atoms with Gasteiger partial charge in [0.1, 0.15) is 16.8 Å².